The molecule has 0 spiro atoms. The van der Waals surface area contributed by atoms with Gasteiger partial charge in [-0.15, -0.1) is 0 Å². The molecule has 1 amide bonds. The second kappa shape index (κ2) is 5.77. The predicted octanol–water partition coefficient (Wildman–Crippen LogP) is 1.63. The normalized spacial score (nSPS) is 10.7. The molecular formula is C12H16N4OS. The van der Waals surface area contributed by atoms with E-state index < -0.39 is 0 Å². The molecule has 0 fully saturated rings. The molecule has 6 heteroatoms. The molecule has 0 bridgehead atoms. The molecule has 1 aromatic carbocycles. The van der Waals surface area contributed by atoms with Crippen LogP contribution in [0, 0.1) is 0 Å². The van der Waals surface area contributed by atoms with E-state index in [0.717, 1.165) is 23.1 Å². The molecule has 0 radical (unpaired) electrons. The van der Waals surface area contributed by atoms with E-state index in [2.05, 4.69) is 15.5 Å². The van der Waals surface area contributed by atoms with Gasteiger partial charge in [0.2, 0.25) is 0 Å². The van der Waals surface area contributed by atoms with Crippen molar-refractivity contribution >= 4 is 34.3 Å². The zero-order valence-corrected chi connectivity index (χ0v) is 11.0. The Bertz CT molecular complexity index is 552. The summed E-state index contributed by atoms with van der Waals surface area (Å²) in [5.41, 5.74) is 7.56. The zero-order chi connectivity index (χ0) is 13.0. The van der Waals surface area contributed by atoms with Crippen LogP contribution in [0.3, 0.4) is 0 Å². The van der Waals surface area contributed by atoms with Crippen LogP contribution in [0.25, 0.3) is 10.9 Å². The van der Waals surface area contributed by atoms with Gasteiger partial charge in [0.15, 0.2) is 5.69 Å². The van der Waals surface area contributed by atoms with E-state index in [4.69, 9.17) is 5.73 Å². The first-order chi connectivity index (χ1) is 8.72. The summed E-state index contributed by atoms with van der Waals surface area (Å²) in [6.07, 6.45) is 3.00. The van der Waals surface area contributed by atoms with Gasteiger partial charge in [0.1, 0.15) is 0 Å². The Hall–Kier alpha value is -1.69. The van der Waals surface area contributed by atoms with E-state index in [-0.39, 0.29) is 5.91 Å². The minimum Gasteiger partial charge on any atom is -0.399 e. The molecule has 0 aliphatic rings. The number of anilines is 1. The van der Waals surface area contributed by atoms with Crippen molar-refractivity contribution in [3.63, 3.8) is 0 Å². The third-order valence-electron chi connectivity index (χ3n) is 2.61. The quantitative estimate of drug-likeness (QED) is 0.566. The monoisotopic (exact) mass is 264 g/mol. The van der Waals surface area contributed by atoms with Crippen LogP contribution < -0.4 is 11.1 Å². The first kappa shape index (κ1) is 12.8. The molecule has 0 aliphatic carbocycles. The maximum atomic E-state index is 12.0. The molecule has 0 saturated heterocycles. The lowest BCUT2D eigenvalue weighted by atomic mass is 10.2. The van der Waals surface area contributed by atoms with Crippen molar-refractivity contribution in [3.8, 4) is 0 Å². The van der Waals surface area contributed by atoms with E-state index >= 15 is 0 Å². The van der Waals surface area contributed by atoms with Gasteiger partial charge >= 0.3 is 0 Å². The number of fused-ring (bicyclic) bond motifs is 1. The van der Waals surface area contributed by atoms with Gasteiger partial charge < -0.3 is 11.1 Å². The van der Waals surface area contributed by atoms with Crippen molar-refractivity contribution in [1.82, 2.24) is 15.5 Å². The van der Waals surface area contributed by atoms with Crippen LogP contribution in [-0.4, -0.2) is 34.7 Å². The lowest BCUT2D eigenvalue weighted by Gasteiger charge is -2.02. The van der Waals surface area contributed by atoms with Gasteiger partial charge in [0.25, 0.3) is 5.91 Å². The summed E-state index contributed by atoms with van der Waals surface area (Å²) >= 11 is 1.77. The van der Waals surface area contributed by atoms with E-state index in [9.17, 15) is 4.79 Å². The Morgan fingerprint density at radius 1 is 1.56 bits per heavy atom. The van der Waals surface area contributed by atoms with Crippen LogP contribution in [0.1, 0.15) is 16.9 Å². The number of hydrogen-bond acceptors (Lipinski definition) is 4. The predicted molar refractivity (Wildman–Crippen MR) is 75.8 cm³/mol. The number of aromatic amines is 1. The Labute approximate surface area is 110 Å². The summed E-state index contributed by atoms with van der Waals surface area (Å²) in [5.74, 6) is 0.877. The van der Waals surface area contributed by atoms with Gasteiger partial charge in [-0.2, -0.15) is 16.9 Å². The summed E-state index contributed by atoms with van der Waals surface area (Å²) in [6.45, 7) is 0.663. The molecule has 1 aromatic heterocycles. The fraction of sp³-hybridized carbons (Fsp3) is 0.333. The standard InChI is InChI=1S/C12H16N4OS/c1-18-6-2-5-14-12(17)11-9-7-8(13)3-4-10(9)15-16-11/h3-4,7H,2,5-6,13H2,1H3,(H,14,17)(H,15,16). The number of thioether (sulfide) groups is 1. The highest BCUT2D eigenvalue weighted by molar-refractivity contribution is 7.98. The van der Waals surface area contributed by atoms with Crippen molar-refractivity contribution in [3.05, 3.63) is 23.9 Å². The molecular weight excluding hydrogens is 248 g/mol. The number of H-pyrrole nitrogens is 1. The number of benzene rings is 1. The number of aromatic nitrogens is 2. The number of amides is 1. The minimum absolute atomic E-state index is 0.159. The first-order valence-corrected chi connectivity index (χ1v) is 7.12. The van der Waals surface area contributed by atoms with Crippen LogP contribution >= 0.6 is 11.8 Å². The Morgan fingerprint density at radius 2 is 2.39 bits per heavy atom. The zero-order valence-electron chi connectivity index (χ0n) is 10.2. The van der Waals surface area contributed by atoms with Gasteiger partial charge in [-0.05, 0) is 36.6 Å². The number of nitrogen functional groups attached to an aromatic ring is 1. The minimum atomic E-state index is -0.159. The maximum absolute atomic E-state index is 12.0. The van der Waals surface area contributed by atoms with E-state index in [1.54, 1.807) is 23.9 Å². The molecule has 5 nitrogen and oxygen atoms in total. The summed E-state index contributed by atoms with van der Waals surface area (Å²) in [7, 11) is 0. The molecule has 2 rings (SSSR count). The second-order valence-corrected chi connectivity index (χ2v) is 4.97. The van der Waals surface area contributed by atoms with Crippen LogP contribution in [0.15, 0.2) is 18.2 Å². The molecule has 18 heavy (non-hydrogen) atoms. The Kier molecular flexibility index (Phi) is 4.09. The first-order valence-electron chi connectivity index (χ1n) is 5.73. The highest BCUT2D eigenvalue weighted by atomic mass is 32.2. The molecule has 0 atom stereocenters. The number of carbonyl (C=O) groups excluding carboxylic acids is 1. The Balaban J connectivity index is 2.10. The van der Waals surface area contributed by atoms with Crippen LogP contribution in [0.2, 0.25) is 0 Å². The number of nitrogens with two attached hydrogens (primary N) is 1. The lowest BCUT2D eigenvalue weighted by molar-refractivity contribution is 0.0950. The van der Waals surface area contributed by atoms with Gasteiger partial charge in [0.05, 0.1) is 5.52 Å². The molecule has 4 N–H and O–H groups in total. The van der Waals surface area contributed by atoms with E-state index in [0.29, 0.717) is 17.9 Å². The summed E-state index contributed by atoms with van der Waals surface area (Å²) in [4.78, 5) is 12.0. The molecule has 0 unspecified atom stereocenters. The average Bonchev–Trinajstić information content (AvgIpc) is 2.77. The smallest absolute Gasteiger partial charge is 0.272 e. The van der Waals surface area contributed by atoms with Gasteiger partial charge in [-0.25, -0.2) is 0 Å². The van der Waals surface area contributed by atoms with Crippen molar-refractivity contribution in [1.29, 1.82) is 0 Å². The van der Waals surface area contributed by atoms with Gasteiger partial charge in [0, 0.05) is 17.6 Å². The molecule has 96 valence electrons. The molecule has 1 heterocycles. The number of rotatable bonds is 5. The van der Waals surface area contributed by atoms with Crippen molar-refractivity contribution < 1.29 is 4.79 Å². The van der Waals surface area contributed by atoms with E-state index in [1.807, 2.05) is 12.3 Å². The summed E-state index contributed by atoms with van der Waals surface area (Å²) in [6, 6.07) is 5.36. The van der Waals surface area contributed by atoms with Gasteiger partial charge in [-0.1, -0.05) is 0 Å². The topological polar surface area (TPSA) is 83.8 Å². The number of nitrogens with zero attached hydrogens (tertiary/aromatic N) is 1. The van der Waals surface area contributed by atoms with Crippen molar-refractivity contribution in [2.75, 3.05) is 24.3 Å². The second-order valence-electron chi connectivity index (χ2n) is 3.98. The molecule has 2 aromatic rings. The Morgan fingerprint density at radius 3 is 3.17 bits per heavy atom. The number of carbonyl (C=O) groups is 1. The fourth-order valence-corrected chi connectivity index (χ4v) is 2.14. The number of nitrogens with one attached hydrogen (secondary N) is 2. The van der Waals surface area contributed by atoms with E-state index in [1.165, 1.54) is 0 Å². The summed E-state index contributed by atoms with van der Waals surface area (Å²) < 4.78 is 0. The third-order valence-corrected chi connectivity index (χ3v) is 3.31. The van der Waals surface area contributed by atoms with Crippen LogP contribution in [0.5, 0.6) is 0 Å². The maximum Gasteiger partial charge on any atom is 0.272 e. The van der Waals surface area contributed by atoms with Gasteiger partial charge in [-0.3, -0.25) is 9.89 Å². The fourth-order valence-electron chi connectivity index (χ4n) is 1.71. The van der Waals surface area contributed by atoms with Crippen molar-refractivity contribution in [2.45, 2.75) is 6.42 Å². The molecule has 0 saturated carbocycles. The average molecular weight is 264 g/mol. The third kappa shape index (κ3) is 2.76. The number of hydrogen-bond donors (Lipinski definition) is 3. The highest BCUT2D eigenvalue weighted by Crippen LogP contribution is 2.18. The van der Waals surface area contributed by atoms with Crippen LogP contribution in [0.4, 0.5) is 5.69 Å². The molecule has 0 aliphatic heterocycles. The largest absolute Gasteiger partial charge is 0.399 e. The highest BCUT2D eigenvalue weighted by Gasteiger charge is 2.13. The SMILES string of the molecule is CSCCCNC(=O)c1n[nH]c2ccc(N)cc12. The lowest BCUT2D eigenvalue weighted by Crippen LogP contribution is -2.25. The van der Waals surface area contributed by atoms with Crippen LogP contribution in [-0.2, 0) is 0 Å². The summed E-state index contributed by atoms with van der Waals surface area (Å²) in [5, 5.41) is 10.5. The van der Waals surface area contributed by atoms with Crippen molar-refractivity contribution in [2.24, 2.45) is 0 Å².